The fourth-order valence-electron chi connectivity index (χ4n) is 8.54. The largest absolute Gasteiger partial charge is 0.412 e. The van der Waals surface area contributed by atoms with Gasteiger partial charge in [-0.3, -0.25) is 43.6 Å². The predicted octanol–water partition coefficient (Wildman–Crippen LogP) is -1.80. The molecule has 7 atom stereocenters. The van der Waals surface area contributed by atoms with Crippen LogP contribution in [0.5, 0.6) is 0 Å². The van der Waals surface area contributed by atoms with Crippen molar-refractivity contribution < 1.29 is 58.2 Å². The average molecular weight is 876 g/mol. The van der Waals surface area contributed by atoms with Crippen LogP contribution < -0.4 is 10.2 Å². The van der Waals surface area contributed by atoms with Crippen molar-refractivity contribution in [2.75, 3.05) is 90.0 Å². The number of esters is 3. The molecule has 338 valence electrons. The number of benzene rings is 2. The molecule has 21 nitrogen and oxygen atoms in total. The normalized spacial score (nSPS) is 29.4. The molecule has 8 rings (SSSR count). The third-order valence-electron chi connectivity index (χ3n) is 12.2. The third-order valence-corrected chi connectivity index (χ3v) is 12.2. The zero-order chi connectivity index (χ0) is 44.2. The van der Waals surface area contributed by atoms with Crippen molar-refractivity contribution in [3.05, 3.63) is 54.1 Å². The van der Waals surface area contributed by atoms with E-state index in [0.717, 1.165) is 11.1 Å². The molecule has 3 aromatic rings. The van der Waals surface area contributed by atoms with Crippen LogP contribution >= 0.6 is 0 Å². The standard InChI is InChI=1S/C42H53N9O12/c1-26-39(57)40(58)31(60-41(26)59)21-51-38-29-8-4-5-9-30(29)50(20-27-6-2-3-7-28(27)37(38)44-45-51)33(53)10-11-43-32(52)22-46-12-14-47-16-18-49-19-17-48(15-13-46)24-35(55)62-42(61-34(54)23-47)63-36(56)25-49/h2-9,26,31,39-42,57-59H,10-25H2,1H3,(H,43,52)/t26-,31-,39-,40-,41?/m1/s1. The van der Waals surface area contributed by atoms with Crippen LogP contribution in [0.2, 0.25) is 0 Å². The van der Waals surface area contributed by atoms with Gasteiger partial charge in [-0.25, -0.2) is 4.68 Å². The summed E-state index contributed by atoms with van der Waals surface area (Å²) < 4.78 is 23.0. The number of nitrogens with zero attached hydrogens (tertiary/aromatic N) is 8. The molecule has 5 aliphatic rings. The first kappa shape index (κ1) is 44.2. The summed E-state index contributed by atoms with van der Waals surface area (Å²) in [6, 6.07) is 14.9. The Balaban J connectivity index is 0.959. The molecule has 3 unspecified atom stereocenters. The van der Waals surface area contributed by atoms with Gasteiger partial charge in [0, 0.05) is 82.4 Å². The van der Waals surface area contributed by atoms with Gasteiger partial charge in [-0.2, -0.15) is 0 Å². The SMILES string of the molecule is C[C@H]1C(O)O[C@H](Cn2nnc3c2-c2ccccc2N(C(=O)CCNC(=O)CN2CCN4CCN5CCN(CC2)CC(=O)OC(OC(=O)C4)OC(=O)C5)Cc2ccccc2-3)[C@@H](O)[C@@H]1O. The lowest BCUT2D eigenvalue weighted by molar-refractivity contribution is -0.263. The zero-order valence-electron chi connectivity index (χ0n) is 35.0. The molecule has 2 aromatic carbocycles. The lowest BCUT2D eigenvalue weighted by atomic mass is 9.92. The maximum absolute atomic E-state index is 14.3. The molecular formula is C42H53N9O12. The van der Waals surface area contributed by atoms with E-state index in [1.165, 1.54) is 0 Å². The maximum atomic E-state index is 14.3. The van der Waals surface area contributed by atoms with Crippen molar-refractivity contribution in [1.29, 1.82) is 0 Å². The molecule has 5 aliphatic heterocycles. The van der Waals surface area contributed by atoms with Crippen LogP contribution in [0.1, 0.15) is 18.9 Å². The topological polar surface area (TPSA) is 242 Å². The Morgan fingerprint density at radius 3 is 1.95 bits per heavy atom. The molecule has 63 heavy (non-hydrogen) atoms. The van der Waals surface area contributed by atoms with Crippen LogP contribution in [-0.2, 0) is 56.0 Å². The van der Waals surface area contributed by atoms with E-state index in [-0.39, 0.29) is 64.0 Å². The molecule has 0 aliphatic carbocycles. The molecule has 21 heteroatoms. The van der Waals surface area contributed by atoms with E-state index in [2.05, 4.69) is 15.6 Å². The quantitative estimate of drug-likeness (QED) is 0.192. The lowest BCUT2D eigenvalue weighted by Gasteiger charge is -2.39. The van der Waals surface area contributed by atoms with Crippen molar-refractivity contribution in [1.82, 2.24) is 39.9 Å². The van der Waals surface area contributed by atoms with Gasteiger partial charge in [0.05, 0.1) is 56.8 Å². The second-order valence-corrected chi connectivity index (χ2v) is 16.5. The molecule has 4 N–H and O–H groups in total. The van der Waals surface area contributed by atoms with E-state index in [9.17, 15) is 39.3 Å². The zero-order valence-corrected chi connectivity index (χ0v) is 35.0. The van der Waals surface area contributed by atoms with Crippen LogP contribution in [-0.4, -0.2) is 196 Å². The minimum absolute atomic E-state index is 0.00658. The summed E-state index contributed by atoms with van der Waals surface area (Å²) in [7, 11) is 0. The van der Waals surface area contributed by atoms with E-state index in [1.807, 2.05) is 68.1 Å². The Hall–Kier alpha value is -5.39. The second-order valence-electron chi connectivity index (χ2n) is 16.5. The Labute approximate surface area is 363 Å². The highest BCUT2D eigenvalue weighted by Crippen LogP contribution is 2.41. The summed E-state index contributed by atoms with van der Waals surface area (Å²) in [5.41, 5.74) is 3.88. The number of rotatable bonds is 7. The summed E-state index contributed by atoms with van der Waals surface area (Å²) in [6.07, 6.45) is -4.87. The number of fused-ring (bicyclic) bond motifs is 12. The summed E-state index contributed by atoms with van der Waals surface area (Å²) in [4.78, 5) is 75.5. The predicted molar refractivity (Wildman–Crippen MR) is 220 cm³/mol. The molecule has 2 amide bonds. The number of aliphatic hydroxyl groups is 3. The van der Waals surface area contributed by atoms with Crippen molar-refractivity contribution in [2.45, 2.75) is 57.5 Å². The van der Waals surface area contributed by atoms with Gasteiger partial charge in [0.2, 0.25) is 11.8 Å². The van der Waals surface area contributed by atoms with Crippen LogP contribution in [0.4, 0.5) is 5.69 Å². The molecule has 1 aromatic heterocycles. The number of anilines is 1. The smallest absolute Gasteiger partial charge is 0.390 e. The summed E-state index contributed by atoms with van der Waals surface area (Å²) in [5.74, 6) is -3.39. The fourth-order valence-corrected chi connectivity index (χ4v) is 8.54. The number of carbonyl (C=O) groups excluding carboxylic acids is 5. The molecule has 0 radical (unpaired) electrons. The highest BCUT2D eigenvalue weighted by molar-refractivity contribution is 6.00. The van der Waals surface area contributed by atoms with Gasteiger partial charge in [-0.05, 0) is 11.6 Å². The summed E-state index contributed by atoms with van der Waals surface area (Å²) in [5, 5.41) is 43.9. The van der Waals surface area contributed by atoms with Gasteiger partial charge in [0.25, 0.3) is 0 Å². The van der Waals surface area contributed by atoms with E-state index < -0.39 is 54.9 Å². The number of ether oxygens (including phenoxy) is 4. The summed E-state index contributed by atoms with van der Waals surface area (Å²) >= 11 is 0. The number of nitrogens with one attached hydrogen (secondary N) is 1. The van der Waals surface area contributed by atoms with Crippen molar-refractivity contribution in [3.8, 4) is 22.5 Å². The third kappa shape index (κ3) is 10.4. The first-order chi connectivity index (χ1) is 30.4. The van der Waals surface area contributed by atoms with Gasteiger partial charge in [0.15, 0.2) is 6.29 Å². The molecule has 0 spiro atoms. The van der Waals surface area contributed by atoms with E-state index >= 15 is 0 Å². The van der Waals surface area contributed by atoms with Gasteiger partial charge in [0.1, 0.15) is 17.9 Å². The Kier molecular flexibility index (Phi) is 13.7. The first-order valence-electron chi connectivity index (χ1n) is 21.3. The second kappa shape index (κ2) is 19.6. The number of hydrogen-bond acceptors (Lipinski definition) is 18. The minimum atomic E-state index is -1.78. The first-order valence-corrected chi connectivity index (χ1v) is 21.3. The Morgan fingerprint density at radius 1 is 0.746 bits per heavy atom. The van der Waals surface area contributed by atoms with Gasteiger partial charge in [-0.1, -0.05) is 54.6 Å². The van der Waals surface area contributed by atoms with Crippen LogP contribution in [0, 0.1) is 5.92 Å². The van der Waals surface area contributed by atoms with E-state index in [0.29, 0.717) is 75.0 Å². The van der Waals surface area contributed by atoms with Gasteiger partial charge in [-0.15, -0.1) is 5.10 Å². The van der Waals surface area contributed by atoms with Crippen molar-refractivity contribution in [2.24, 2.45) is 5.92 Å². The maximum Gasteiger partial charge on any atom is 0.412 e. The number of carbonyl (C=O) groups is 5. The molecule has 4 bridgehead atoms. The Morgan fingerprint density at radius 2 is 1.32 bits per heavy atom. The van der Waals surface area contributed by atoms with Crippen LogP contribution in [0.25, 0.3) is 22.5 Å². The average Bonchev–Trinajstić information content (AvgIpc) is 3.64. The van der Waals surface area contributed by atoms with Crippen molar-refractivity contribution in [3.63, 3.8) is 0 Å². The lowest BCUT2D eigenvalue weighted by Crippen LogP contribution is -2.54. The van der Waals surface area contributed by atoms with Crippen molar-refractivity contribution >= 4 is 35.4 Å². The number of amides is 2. The number of hydrogen-bond donors (Lipinski definition) is 4. The monoisotopic (exact) mass is 875 g/mol. The van der Waals surface area contributed by atoms with Crippen LogP contribution in [0.15, 0.2) is 48.5 Å². The van der Waals surface area contributed by atoms with Gasteiger partial charge < -0.3 is 44.5 Å². The van der Waals surface area contributed by atoms with Gasteiger partial charge >= 0.3 is 24.4 Å². The highest BCUT2D eigenvalue weighted by Gasteiger charge is 2.42. The van der Waals surface area contributed by atoms with E-state index in [4.69, 9.17) is 18.9 Å². The fraction of sp³-hybridized carbons (Fsp3) is 0.548. The number of para-hydroxylation sites is 1. The minimum Gasteiger partial charge on any atom is -0.390 e. The molecular weight excluding hydrogens is 823 g/mol. The van der Waals surface area contributed by atoms with Crippen LogP contribution in [0.3, 0.4) is 0 Å². The van der Waals surface area contributed by atoms with E-state index in [1.54, 1.807) is 16.5 Å². The Bertz CT molecular complexity index is 2140. The highest BCUT2D eigenvalue weighted by atomic mass is 16.9. The molecule has 6 heterocycles. The number of aliphatic hydroxyl groups excluding tert-OH is 3. The molecule has 0 saturated carbocycles. The molecule has 4 fully saturated rings. The molecule has 4 saturated heterocycles. The number of aromatic nitrogens is 3. The summed E-state index contributed by atoms with van der Waals surface area (Å²) in [6.45, 7) is 3.02.